The van der Waals surface area contributed by atoms with Crippen molar-refractivity contribution in [3.8, 4) is 0 Å². The molecule has 3 amide bonds. The fourth-order valence-electron chi connectivity index (χ4n) is 3.28. The van der Waals surface area contributed by atoms with Crippen LogP contribution in [0.4, 0.5) is 0 Å². The summed E-state index contributed by atoms with van der Waals surface area (Å²) in [6.45, 7) is 5.39. The Labute approximate surface area is 174 Å². The van der Waals surface area contributed by atoms with Crippen molar-refractivity contribution in [2.75, 3.05) is 6.54 Å². The van der Waals surface area contributed by atoms with Gasteiger partial charge in [-0.2, -0.15) is 0 Å². The Kier molecular flexibility index (Phi) is 7.93. The largest absolute Gasteiger partial charge is 0.480 e. The van der Waals surface area contributed by atoms with E-state index in [1.165, 1.54) is 24.3 Å². The number of nitrogens with one attached hydrogen (secondary N) is 3. The van der Waals surface area contributed by atoms with E-state index in [-0.39, 0.29) is 12.3 Å². The number of carboxylic acids is 1. The lowest BCUT2D eigenvalue weighted by molar-refractivity contribution is -0.149. The van der Waals surface area contributed by atoms with E-state index in [0.717, 1.165) is 0 Å². The summed E-state index contributed by atoms with van der Waals surface area (Å²) in [4.78, 5) is 57.4. The van der Waals surface area contributed by atoms with E-state index >= 15 is 0 Å². The molecule has 0 radical (unpaired) electrons. The van der Waals surface area contributed by atoms with Gasteiger partial charge in [-0.3, -0.25) is 14.4 Å². The SMILES string of the molecule is CC(NC(=O)C(N)C(C)C)C(=O)NC(Cc1cnc[nH]1)C(=O)N1CCCC1C(=O)O. The van der Waals surface area contributed by atoms with Crippen molar-refractivity contribution >= 4 is 23.7 Å². The van der Waals surface area contributed by atoms with Crippen molar-refractivity contribution in [2.24, 2.45) is 11.7 Å². The number of nitrogens with two attached hydrogens (primary N) is 1. The van der Waals surface area contributed by atoms with Crippen LogP contribution in [0.15, 0.2) is 12.5 Å². The average Bonchev–Trinajstić information content (AvgIpc) is 3.37. The number of carboxylic acid groups (broad SMARTS) is 1. The molecule has 0 aliphatic carbocycles. The molecule has 1 saturated heterocycles. The number of carbonyl (C=O) groups excluding carboxylic acids is 3. The van der Waals surface area contributed by atoms with Crippen molar-refractivity contribution in [1.82, 2.24) is 25.5 Å². The molecule has 11 nitrogen and oxygen atoms in total. The van der Waals surface area contributed by atoms with Gasteiger partial charge in [0.1, 0.15) is 18.1 Å². The van der Waals surface area contributed by atoms with Crippen LogP contribution in [0.3, 0.4) is 0 Å². The van der Waals surface area contributed by atoms with Crippen molar-refractivity contribution < 1.29 is 24.3 Å². The minimum absolute atomic E-state index is 0.0990. The number of amides is 3. The second kappa shape index (κ2) is 10.2. The Hall–Kier alpha value is -2.95. The number of imidazole rings is 1. The Morgan fingerprint density at radius 1 is 1.27 bits per heavy atom. The molecule has 2 rings (SSSR count). The Morgan fingerprint density at radius 2 is 1.97 bits per heavy atom. The number of aromatic amines is 1. The highest BCUT2D eigenvalue weighted by atomic mass is 16.4. The van der Waals surface area contributed by atoms with E-state index in [4.69, 9.17) is 5.73 Å². The second-order valence-electron chi connectivity index (χ2n) is 7.87. The van der Waals surface area contributed by atoms with Gasteiger partial charge in [-0.25, -0.2) is 9.78 Å². The van der Waals surface area contributed by atoms with Crippen LogP contribution in [0.1, 0.15) is 39.3 Å². The third-order valence-electron chi connectivity index (χ3n) is 5.19. The van der Waals surface area contributed by atoms with Crippen molar-refractivity contribution in [1.29, 1.82) is 0 Å². The first-order valence-corrected chi connectivity index (χ1v) is 9.98. The van der Waals surface area contributed by atoms with Crippen LogP contribution in [0.25, 0.3) is 0 Å². The zero-order valence-corrected chi connectivity index (χ0v) is 17.4. The molecule has 0 bridgehead atoms. The second-order valence-corrected chi connectivity index (χ2v) is 7.87. The number of nitrogens with zero attached hydrogens (tertiary/aromatic N) is 2. The van der Waals surface area contributed by atoms with Gasteiger partial charge in [-0.05, 0) is 25.7 Å². The van der Waals surface area contributed by atoms with E-state index in [1.807, 2.05) is 0 Å². The number of carbonyl (C=O) groups is 4. The molecule has 0 aromatic carbocycles. The van der Waals surface area contributed by atoms with Gasteiger partial charge in [0, 0.05) is 24.9 Å². The van der Waals surface area contributed by atoms with Gasteiger partial charge in [0.25, 0.3) is 0 Å². The molecule has 6 N–H and O–H groups in total. The topological polar surface area (TPSA) is 171 Å². The van der Waals surface area contributed by atoms with Gasteiger partial charge in [0.2, 0.25) is 17.7 Å². The molecule has 1 aromatic rings. The molecule has 2 heterocycles. The van der Waals surface area contributed by atoms with Crippen LogP contribution in [-0.4, -0.2) is 74.4 Å². The first-order chi connectivity index (χ1) is 14.1. The minimum Gasteiger partial charge on any atom is -0.480 e. The molecule has 0 saturated carbocycles. The number of H-pyrrole nitrogens is 1. The highest BCUT2D eigenvalue weighted by Gasteiger charge is 2.38. The molecule has 166 valence electrons. The third kappa shape index (κ3) is 5.78. The molecule has 1 aliphatic heterocycles. The lowest BCUT2D eigenvalue weighted by atomic mass is 10.0. The third-order valence-corrected chi connectivity index (χ3v) is 5.19. The minimum atomic E-state index is -1.07. The standard InChI is InChI=1S/C19H30N6O5/c1-10(2)15(20)17(27)23-11(3)16(26)24-13(7-12-8-21-9-22-12)18(28)25-6-4-5-14(25)19(29)30/h8-11,13-15H,4-7,20H2,1-3H3,(H,21,22)(H,23,27)(H,24,26)(H,29,30). The Morgan fingerprint density at radius 3 is 2.53 bits per heavy atom. The predicted molar refractivity (Wildman–Crippen MR) is 107 cm³/mol. The quantitative estimate of drug-likeness (QED) is 0.340. The van der Waals surface area contributed by atoms with Crippen molar-refractivity contribution in [3.63, 3.8) is 0 Å². The molecule has 30 heavy (non-hydrogen) atoms. The van der Waals surface area contributed by atoms with Crippen LogP contribution in [0, 0.1) is 5.92 Å². The highest BCUT2D eigenvalue weighted by molar-refractivity contribution is 5.94. The maximum atomic E-state index is 13.1. The van der Waals surface area contributed by atoms with Crippen molar-refractivity contribution in [3.05, 3.63) is 18.2 Å². The fraction of sp³-hybridized carbons (Fsp3) is 0.632. The molecule has 4 atom stereocenters. The summed E-state index contributed by atoms with van der Waals surface area (Å²) in [6, 6.07) is -3.60. The molecule has 1 aromatic heterocycles. The summed E-state index contributed by atoms with van der Waals surface area (Å²) >= 11 is 0. The smallest absolute Gasteiger partial charge is 0.326 e. The number of likely N-dealkylation sites (tertiary alicyclic amines) is 1. The molecule has 1 fully saturated rings. The lowest BCUT2D eigenvalue weighted by Gasteiger charge is -2.28. The first-order valence-electron chi connectivity index (χ1n) is 9.98. The Bertz CT molecular complexity index is 765. The monoisotopic (exact) mass is 422 g/mol. The summed E-state index contributed by atoms with van der Waals surface area (Å²) in [6.07, 6.45) is 4.03. The van der Waals surface area contributed by atoms with E-state index in [9.17, 15) is 24.3 Å². The normalized spacial score (nSPS) is 19.2. The van der Waals surface area contributed by atoms with Crippen LogP contribution in [0.5, 0.6) is 0 Å². The van der Waals surface area contributed by atoms with E-state index < -0.39 is 47.9 Å². The molecule has 4 unspecified atom stereocenters. The number of rotatable bonds is 9. The van der Waals surface area contributed by atoms with Gasteiger partial charge in [0.05, 0.1) is 12.4 Å². The fourth-order valence-corrected chi connectivity index (χ4v) is 3.28. The summed E-state index contributed by atoms with van der Waals surface area (Å²) in [5, 5.41) is 14.6. The molecule has 1 aliphatic rings. The van der Waals surface area contributed by atoms with Gasteiger partial charge < -0.3 is 31.4 Å². The van der Waals surface area contributed by atoms with Crippen LogP contribution in [0.2, 0.25) is 0 Å². The number of aliphatic carboxylic acids is 1. The van der Waals surface area contributed by atoms with E-state index in [2.05, 4.69) is 20.6 Å². The van der Waals surface area contributed by atoms with Crippen LogP contribution >= 0.6 is 0 Å². The summed E-state index contributed by atoms with van der Waals surface area (Å²) in [5.74, 6) is -2.69. The molecule has 0 spiro atoms. The Balaban J connectivity index is 2.11. The van der Waals surface area contributed by atoms with Gasteiger partial charge in [0.15, 0.2) is 0 Å². The zero-order chi connectivity index (χ0) is 22.4. The van der Waals surface area contributed by atoms with Gasteiger partial charge in [-0.1, -0.05) is 13.8 Å². The molecule has 11 heteroatoms. The number of aromatic nitrogens is 2. The highest BCUT2D eigenvalue weighted by Crippen LogP contribution is 2.19. The van der Waals surface area contributed by atoms with E-state index in [0.29, 0.717) is 25.1 Å². The van der Waals surface area contributed by atoms with Crippen molar-refractivity contribution in [2.45, 2.75) is 64.2 Å². The summed E-state index contributed by atoms with van der Waals surface area (Å²) < 4.78 is 0. The van der Waals surface area contributed by atoms with E-state index in [1.54, 1.807) is 13.8 Å². The lowest BCUT2D eigenvalue weighted by Crippen LogP contribution is -2.57. The molecular formula is C19H30N6O5. The first kappa shape index (κ1) is 23.3. The summed E-state index contributed by atoms with van der Waals surface area (Å²) in [5.41, 5.74) is 6.41. The van der Waals surface area contributed by atoms with Crippen LogP contribution in [-0.2, 0) is 25.6 Å². The van der Waals surface area contributed by atoms with Gasteiger partial charge in [-0.15, -0.1) is 0 Å². The zero-order valence-electron chi connectivity index (χ0n) is 17.4. The maximum Gasteiger partial charge on any atom is 0.326 e. The average molecular weight is 422 g/mol. The van der Waals surface area contributed by atoms with Crippen LogP contribution < -0.4 is 16.4 Å². The maximum absolute atomic E-state index is 13.1. The van der Waals surface area contributed by atoms with Gasteiger partial charge >= 0.3 is 5.97 Å². The predicted octanol–water partition coefficient (Wildman–Crippen LogP) is -0.999. The molecular weight excluding hydrogens is 392 g/mol. The number of hydrogen-bond donors (Lipinski definition) is 5. The number of hydrogen-bond acceptors (Lipinski definition) is 6. The summed E-state index contributed by atoms with van der Waals surface area (Å²) in [7, 11) is 0.